The summed E-state index contributed by atoms with van der Waals surface area (Å²) in [6, 6.07) is 0. The average molecular weight is 281 g/mol. The number of hydrogen-bond acceptors (Lipinski definition) is 6. The second-order valence-corrected chi connectivity index (χ2v) is 4.62. The molecule has 0 atom stereocenters. The Bertz CT molecular complexity index is 437. The molecule has 0 spiro atoms. The second-order valence-electron chi connectivity index (χ2n) is 4.62. The van der Waals surface area contributed by atoms with E-state index < -0.39 is 5.91 Å². The van der Waals surface area contributed by atoms with Crippen molar-refractivity contribution in [2.45, 2.75) is 26.7 Å². The molecular weight excluding hydrogens is 258 g/mol. The molecule has 0 fully saturated rings. The molecule has 0 aliphatic heterocycles. The molecule has 1 aromatic heterocycles. The van der Waals surface area contributed by atoms with E-state index in [1.807, 2.05) is 6.92 Å². The number of rotatable bonds is 9. The van der Waals surface area contributed by atoms with Crippen LogP contribution in [0.15, 0.2) is 6.33 Å². The summed E-state index contributed by atoms with van der Waals surface area (Å²) in [7, 11) is 0. The molecule has 7 nitrogen and oxygen atoms in total. The molecule has 1 aromatic rings. The summed E-state index contributed by atoms with van der Waals surface area (Å²) in [6.45, 7) is 7.89. The number of nitrogens with zero attached hydrogens (tertiary/aromatic N) is 2. The molecule has 0 aliphatic carbocycles. The van der Waals surface area contributed by atoms with Gasteiger partial charge in [0.2, 0.25) is 5.91 Å². The largest absolute Gasteiger partial charge is 0.370 e. The van der Waals surface area contributed by atoms with Gasteiger partial charge in [-0.3, -0.25) is 4.79 Å². The molecule has 0 aromatic carbocycles. The highest BCUT2D eigenvalue weighted by molar-refractivity contribution is 5.74. The molecule has 0 saturated heterocycles. The lowest BCUT2D eigenvalue weighted by molar-refractivity contribution is -0.122. The summed E-state index contributed by atoms with van der Waals surface area (Å²) in [5.74, 6) is 1.45. The summed E-state index contributed by atoms with van der Waals surface area (Å²) >= 11 is 0. The number of amides is 1. The topological polar surface area (TPSA) is 102 Å². The molecule has 7 heteroatoms. The van der Waals surface area contributed by atoms with E-state index >= 15 is 0 Å². The van der Waals surface area contributed by atoms with E-state index in [1.54, 1.807) is 0 Å². The molecule has 4 N–H and O–H groups in total. The van der Waals surface area contributed by atoms with Crippen LogP contribution in [-0.2, 0) is 9.53 Å². The third kappa shape index (κ3) is 5.00. The predicted molar refractivity (Wildman–Crippen MR) is 78.8 cm³/mol. The summed E-state index contributed by atoms with van der Waals surface area (Å²) in [4.78, 5) is 19.1. The van der Waals surface area contributed by atoms with Crippen LogP contribution < -0.4 is 16.4 Å². The highest BCUT2D eigenvalue weighted by Gasteiger charge is 2.14. The van der Waals surface area contributed by atoms with Crippen molar-refractivity contribution in [2.75, 3.05) is 36.9 Å². The average Bonchev–Trinajstić information content (AvgIpc) is 2.38. The maximum absolute atomic E-state index is 10.5. The van der Waals surface area contributed by atoms with Crippen LogP contribution in [0, 0.1) is 0 Å². The first kappa shape index (κ1) is 16.2. The Labute approximate surface area is 119 Å². The zero-order valence-corrected chi connectivity index (χ0v) is 12.3. The number of carbonyl (C=O) groups is 1. The van der Waals surface area contributed by atoms with Crippen molar-refractivity contribution in [3.05, 3.63) is 11.9 Å². The van der Waals surface area contributed by atoms with Gasteiger partial charge in [0.05, 0.1) is 6.61 Å². The fourth-order valence-electron chi connectivity index (χ4n) is 1.81. The number of carbonyl (C=O) groups excluding carboxylic acids is 1. The van der Waals surface area contributed by atoms with Crippen LogP contribution in [0.1, 0.15) is 32.3 Å². The highest BCUT2D eigenvalue weighted by Crippen LogP contribution is 2.27. The Balaban J connectivity index is 2.64. The summed E-state index contributed by atoms with van der Waals surface area (Å²) in [6.07, 6.45) is 1.52. The van der Waals surface area contributed by atoms with Gasteiger partial charge in [0.25, 0.3) is 0 Å². The Morgan fingerprint density at radius 2 is 2.00 bits per heavy atom. The van der Waals surface area contributed by atoms with Crippen molar-refractivity contribution in [2.24, 2.45) is 5.73 Å². The minimum absolute atomic E-state index is 0.0644. The third-order valence-electron chi connectivity index (χ3n) is 2.59. The highest BCUT2D eigenvalue weighted by atomic mass is 16.5. The van der Waals surface area contributed by atoms with Gasteiger partial charge in [-0.25, -0.2) is 9.97 Å². The van der Waals surface area contributed by atoms with E-state index in [0.29, 0.717) is 19.1 Å². The number of nitrogens with two attached hydrogens (primary N) is 1. The Morgan fingerprint density at radius 1 is 1.35 bits per heavy atom. The number of ether oxygens (including phenoxy) is 1. The first-order valence-corrected chi connectivity index (χ1v) is 6.74. The van der Waals surface area contributed by atoms with Crippen LogP contribution in [0.2, 0.25) is 0 Å². The van der Waals surface area contributed by atoms with Crippen molar-refractivity contribution in [1.29, 1.82) is 0 Å². The van der Waals surface area contributed by atoms with Crippen molar-refractivity contribution in [1.82, 2.24) is 9.97 Å². The van der Waals surface area contributed by atoms with Crippen molar-refractivity contribution >= 4 is 17.5 Å². The smallest absolute Gasteiger partial charge is 0.243 e. The Kier molecular flexibility index (Phi) is 6.72. The van der Waals surface area contributed by atoms with E-state index in [0.717, 1.165) is 23.7 Å². The minimum atomic E-state index is -0.468. The monoisotopic (exact) mass is 281 g/mol. The van der Waals surface area contributed by atoms with Crippen LogP contribution in [0.3, 0.4) is 0 Å². The lowest BCUT2D eigenvalue weighted by Crippen LogP contribution is -2.21. The van der Waals surface area contributed by atoms with Crippen LogP contribution in [-0.4, -0.2) is 42.2 Å². The quantitative estimate of drug-likeness (QED) is 0.582. The molecule has 0 radical (unpaired) electrons. The van der Waals surface area contributed by atoms with Crippen LogP contribution in [0.5, 0.6) is 0 Å². The Morgan fingerprint density at radius 3 is 2.55 bits per heavy atom. The molecule has 0 aliphatic rings. The second kappa shape index (κ2) is 8.31. The van der Waals surface area contributed by atoms with E-state index in [9.17, 15) is 4.79 Å². The Hall–Kier alpha value is -1.89. The van der Waals surface area contributed by atoms with E-state index in [-0.39, 0.29) is 6.61 Å². The van der Waals surface area contributed by atoms with E-state index in [2.05, 4.69) is 34.4 Å². The standard InChI is InChI=1S/C13H23N5O2/c1-4-15-12-11(9(2)3)13(18-8-17-12)16-5-6-20-7-10(14)19/h8-9H,4-7H2,1-3H3,(H2,14,19)(H2,15,16,17,18). The van der Waals surface area contributed by atoms with Gasteiger partial charge >= 0.3 is 0 Å². The number of primary amides is 1. The van der Waals surface area contributed by atoms with Crippen LogP contribution in [0.4, 0.5) is 11.6 Å². The van der Waals surface area contributed by atoms with Gasteiger partial charge in [-0.15, -0.1) is 0 Å². The fraction of sp³-hybridized carbons (Fsp3) is 0.615. The van der Waals surface area contributed by atoms with E-state index in [1.165, 1.54) is 6.33 Å². The van der Waals surface area contributed by atoms with Crippen molar-refractivity contribution < 1.29 is 9.53 Å². The molecule has 20 heavy (non-hydrogen) atoms. The zero-order valence-electron chi connectivity index (χ0n) is 12.3. The molecule has 0 saturated carbocycles. The van der Waals surface area contributed by atoms with Gasteiger partial charge in [0.15, 0.2) is 0 Å². The third-order valence-corrected chi connectivity index (χ3v) is 2.59. The van der Waals surface area contributed by atoms with Crippen molar-refractivity contribution in [3.63, 3.8) is 0 Å². The first-order chi connectivity index (χ1) is 9.56. The zero-order chi connectivity index (χ0) is 15.0. The molecule has 1 rings (SSSR count). The minimum Gasteiger partial charge on any atom is -0.370 e. The lowest BCUT2D eigenvalue weighted by Gasteiger charge is -2.17. The van der Waals surface area contributed by atoms with Gasteiger partial charge < -0.3 is 21.1 Å². The molecule has 0 unspecified atom stereocenters. The number of anilines is 2. The molecule has 1 heterocycles. The van der Waals surface area contributed by atoms with Crippen LogP contribution in [0.25, 0.3) is 0 Å². The number of nitrogens with one attached hydrogen (secondary N) is 2. The van der Waals surface area contributed by atoms with Crippen molar-refractivity contribution in [3.8, 4) is 0 Å². The van der Waals surface area contributed by atoms with Crippen LogP contribution >= 0.6 is 0 Å². The summed E-state index contributed by atoms with van der Waals surface area (Å²) < 4.78 is 5.10. The van der Waals surface area contributed by atoms with Gasteiger partial charge in [-0.05, 0) is 12.8 Å². The van der Waals surface area contributed by atoms with Gasteiger partial charge in [0.1, 0.15) is 24.6 Å². The number of aromatic nitrogens is 2. The molecule has 1 amide bonds. The van der Waals surface area contributed by atoms with E-state index in [4.69, 9.17) is 10.5 Å². The fourth-order valence-corrected chi connectivity index (χ4v) is 1.81. The normalized spacial score (nSPS) is 10.6. The van der Waals surface area contributed by atoms with Gasteiger partial charge in [-0.1, -0.05) is 13.8 Å². The van der Waals surface area contributed by atoms with Gasteiger partial charge in [0, 0.05) is 18.7 Å². The predicted octanol–water partition coefficient (Wildman–Crippen LogP) is 0.946. The molecule has 0 bridgehead atoms. The number of hydrogen-bond donors (Lipinski definition) is 3. The summed E-state index contributed by atoms with van der Waals surface area (Å²) in [5.41, 5.74) is 6.04. The first-order valence-electron chi connectivity index (χ1n) is 6.74. The van der Waals surface area contributed by atoms with Gasteiger partial charge in [-0.2, -0.15) is 0 Å². The maximum atomic E-state index is 10.5. The molecule has 112 valence electrons. The maximum Gasteiger partial charge on any atom is 0.243 e. The lowest BCUT2D eigenvalue weighted by atomic mass is 10.0. The molecular formula is C13H23N5O2. The SMILES string of the molecule is CCNc1ncnc(NCCOCC(N)=O)c1C(C)C. The summed E-state index contributed by atoms with van der Waals surface area (Å²) in [5, 5.41) is 6.43.